The summed E-state index contributed by atoms with van der Waals surface area (Å²) in [4.78, 5) is 25.2. The summed E-state index contributed by atoms with van der Waals surface area (Å²) in [6, 6.07) is 19.6. The molecule has 5 rings (SSSR count). The van der Waals surface area contributed by atoms with Gasteiger partial charge < -0.3 is 5.32 Å². The Labute approximate surface area is 161 Å². The lowest BCUT2D eigenvalue weighted by atomic mass is 9.77. The molecule has 3 aromatic carbocycles. The van der Waals surface area contributed by atoms with Crippen LogP contribution in [0.3, 0.4) is 0 Å². The molecule has 1 saturated heterocycles. The summed E-state index contributed by atoms with van der Waals surface area (Å²) >= 11 is 0. The number of hydrogen-bond acceptors (Lipinski definition) is 4. The summed E-state index contributed by atoms with van der Waals surface area (Å²) in [5.41, 5.74) is 0.809. The van der Waals surface area contributed by atoms with Crippen LogP contribution in [0.5, 0.6) is 0 Å². The van der Waals surface area contributed by atoms with Gasteiger partial charge in [-0.25, -0.2) is 0 Å². The van der Waals surface area contributed by atoms with Crippen molar-refractivity contribution < 1.29 is 9.72 Å². The molecule has 0 radical (unpaired) electrons. The number of nitrogens with one attached hydrogen (secondary N) is 2. The molecule has 2 N–H and O–H groups in total. The van der Waals surface area contributed by atoms with E-state index in [4.69, 9.17) is 0 Å². The van der Waals surface area contributed by atoms with Gasteiger partial charge in [0.2, 0.25) is 0 Å². The number of para-hydroxylation sites is 1. The van der Waals surface area contributed by atoms with Crippen molar-refractivity contribution in [3.8, 4) is 0 Å². The summed E-state index contributed by atoms with van der Waals surface area (Å²) in [6.45, 7) is 1.92. The van der Waals surface area contributed by atoms with E-state index in [9.17, 15) is 14.9 Å². The van der Waals surface area contributed by atoms with Gasteiger partial charge in [0, 0.05) is 22.2 Å². The highest BCUT2D eigenvalue weighted by atomic mass is 16.6. The smallest absolute Gasteiger partial charge is 0.256 e. The molecular weight excluding hydrogens is 354 g/mol. The molecule has 6 nitrogen and oxygen atoms in total. The first-order valence-corrected chi connectivity index (χ1v) is 9.34. The Hall–Kier alpha value is -3.25. The lowest BCUT2D eigenvalue weighted by Gasteiger charge is -2.25. The van der Waals surface area contributed by atoms with E-state index in [0.29, 0.717) is 11.3 Å². The summed E-state index contributed by atoms with van der Waals surface area (Å²) in [5, 5.41) is 20.6. The highest BCUT2D eigenvalue weighted by Gasteiger charge is 2.67. The zero-order valence-corrected chi connectivity index (χ0v) is 15.3. The van der Waals surface area contributed by atoms with Gasteiger partial charge >= 0.3 is 0 Å². The molecule has 0 bridgehead atoms. The van der Waals surface area contributed by atoms with Crippen molar-refractivity contribution in [2.45, 2.75) is 30.5 Å². The standard InChI is InChI=1S/C22H19N3O3/c1-13-19(16-10-6-8-14-7-2-3-9-15(14)16)20(25(27)28)22(24-13)17-11-4-5-12-18(17)23-21(22)26/h2-13,19-20,24H,1H3,(H,23,26)/t13-,19+,20+,22-/m0/s1. The maximum atomic E-state index is 13.1. The largest absolute Gasteiger partial charge is 0.324 e. The third-order valence-corrected chi connectivity index (χ3v) is 6.15. The van der Waals surface area contributed by atoms with Crippen molar-refractivity contribution in [3.63, 3.8) is 0 Å². The number of rotatable bonds is 2. The van der Waals surface area contributed by atoms with Crippen molar-refractivity contribution in [3.05, 3.63) is 88.0 Å². The first kappa shape index (κ1) is 16.9. The molecule has 2 heterocycles. The van der Waals surface area contributed by atoms with Crippen LogP contribution in [0.4, 0.5) is 5.69 Å². The van der Waals surface area contributed by atoms with Crippen LogP contribution in [0.1, 0.15) is 24.0 Å². The van der Waals surface area contributed by atoms with Crippen LogP contribution < -0.4 is 10.6 Å². The number of carbonyl (C=O) groups excluding carboxylic acids is 1. The number of hydrogen-bond donors (Lipinski definition) is 2. The minimum atomic E-state index is -1.37. The van der Waals surface area contributed by atoms with E-state index < -0.39 is 17.5 Å². The van der Waals surface area contributed by atoms with Crippen LogP contribution >= 0.6 is 0 Å². The number of benzene rings is 3. The molecule has 0 aromatic heterocycles. The van der Waals surface area contributed by atoms with Gasteiger partial charge in [0.05, 0.1) is 5.92 Å². The minimum Gasteiger partial charge on any atom is -0.324 e. The van der Waals surface area contributed by atoms with E-state index in [-0.39, 0.29) is 16.9 Å². The van der Waals surface area contributed by atoms with Crippen LogP contribution in [-0.2, 0) is 10.3 Å². The Morgan fingerprint density at radius 1 is 1.00 bits per heavy atom. The third kappa shape index (κ3) is 2.09. The average Bonchev–Trinajstić information content (AvgIpc) is 3.16. The summed E-state index contributed by atoms with van der Waals surface area (Å²) in [6.07, 6.45) is 0. The molecule has 2 aliphatic rings. The van der Waals surface area contributed by atoms with Crippen LogP contribution in [0, 0.1) is 10.1 Å². The van der Waals surface area contributed by atoms with Crippen LogP contribution in [0.25, 0.3) is 10.8 Å². The fourth-order valence-corrected chi connectivity index (χ4v) is 5.06. The maximum absolute atomic E-state index is 13.1. The molecule has 28 heavy (non-hydrogen) atoms. The van der Waals surface area contributed by atoms with Crippen LogP contribution in [-0.4, -0.2) is 22.9 Å². The third-order valence-electron chi connectivity index (χ3n) is 6.15. The first-order valence-electron chi connectivity index (χ1n) is 9.34. The van der Waals surface area contributed by atoms with Crippen LogP contribution in [0.15, 0.2) is 66.7 Å². The zero-order chi connectivity index (χ0) is 19.5. The van der Waals surface area contributed by atoms with Gasteiger partial charge in [0.25, 0.3) is 11.9 Å². The second kappa shape index (κ2) is 5.87. The molecule has 1 amide bonds. The number of nitrogens with zero attached hydrogens (tertiary/aromatic N) is 1. The fourth-order valence-electron chi connectivity index (χ4n) is 5.06. The van der Waals surface area contributed by atoms with E-state index in [1.54, 1.807) is 12.1 Å². The van der Waals surface area contributed by atoms with Gasteiger partial charge in [0.1, 0.15) is 0 Å². The Morgan fingerprint density at radius 3 is 2.54 bits per heavy atom. The average molecular weight is 373 g/mol. The molecule has 0 unspecified atom stereocenters. The molecular formula is C22H19N3O3. The van der Waals surface area contributed by atoms with E-state index in [1.807, 2.05) is 61.5 Å². The predicted molar refractivity (Wildman–Crippen MR) is 107 cm³/mol. The lowest BCUT2D eigenvalue weighted by Crippen LogP contribution is -2.54. The van der Waals surface area contributed by atoms with Crippen molar-refractivity contribution in [2.24, 2.45) is 0 Å². The van der Waals surface area contributed by atoms with Crippen molar-refractivity contribution in [1.29, 1.82) is 0 Å². The van der Waals surface area contributed by atoms with Gasteiger partial charge in [-0.1, -0.05) is 60.7 Å². The Morgan fingerprint density at radius 2 is 1.71 bits per heavy atom. The van der Waals surface area contributed by atoms with Gasteiger partial charge in [-0.05, 0) is 29.3 Å². The molecule has 6 heteroatoms. The Balaban J connectivity index is 1.75. The van der Waals surface area contributed by atoms with Gasteiger partial charge in [-0.2, -0.15) is 0 Å². The molecule has 0 saturated carbocycles. The quantitative estimate of drug-likeness (QED) is 0.533. The molecule has 0 aliphatic carbocycles. The second-order valence-electron chi connectivity index (χ2n) is 7.57. The van der Waals surface area contributed by atoms with Gasteiger partial charge in [-0.15, -0.1) is 0 Å². The summed E-state index contributed by atoms with van der Waals surface area (Å²) < 4.78 is 0. The molecule has 1 spiro atoms. The highest BCUT2D eigenvalue weighted by molar-refractivity contribution is 6.07. The van der Waals surface area contributed by atoms with Crippen molar-refractivity contribution in [2.75, 3.05) is 5.32 Å². The molecule has 140 valence electrons. The van der Waals surface area contributed by atoms with E-state index in [0.717, 1.165) is 16.3 Å². The maximum Gasteiger partial charge on any atom is 0.256 e. The number of nitro groups is 1. The minimum absolute atomic E-state index is 0.252. The number of carbonyl (C=O) groups is 1. The summed E-state index contributed by atoms with van der Waals surface area (Å²) in [7, 11) is 0. The number of fused-ring (bicyclic) bond motifs is 3. The van der Waals surface area contributed by atoms with Crippen molar-refractivity contribution in [1.82, 2.24) is 5.32 Å². The SMILES string of the molecule is C[C@@H]1N[C@]2(C(=O)Nc3ccccc32)[C@H]([N+](=O)[O-])[C@H]1c1cccc2ccccc12. The second-order valence-corrected chi connectivity index (χ2v) is 7.57. The molecule has 2 aliphatic heterocycles. The van der Waals surface area contributed by atoms with Crippen molar-refractivity contribution >= 4 is 22.4 Å². The topological polar surface area (TPSA) is 84.3 Å². The van der Waals surface area contributed by atoms with Gasteiger partial charge in [0.15, 0.2) is 5.54 Å². The van der Waals surface area contributed by atoms with E-state index in [1.165, 1.54) is 0 Å². The lowest BCUT2D eigenvalue weighted by molar-refractivity contribution is -0.532. The molecule has 1 fully saturated rings. The van der Waals surface area contributed by atoms with E-state index in [2.05, 4.69) is 10.6 Å². The number of amides is 1. The van der Waals surface area contributed by atoms with Gasteiger partial charge in [-0.3, -0.25) is 20.2 Å². The van der Waals surface area contributed by atoms with E-state index >= 15 is 0 Å². The highest BCUT2D eigenvalue weighted by Crippen LogP contribution is 2.50. The predicted octanol–water partition coefficient (Wildman–Crippen LogP) is 3.41. The van der Waals surface area contributed by atoms with Crippen LogP contribution in [0.2, 0.25) is 0 Å². The summed E-state index contributed by atoms with van der Waals surface area (Å²) in [5.74, 6) is -0.803. The Bertz CT molecular complexity index is 1120. The zero-order valence-electron chi connectivity index (χ0n) is 15.3. The first-order chi connectivity index (χ1) is 13.5. The normalized spacial score (nSPS) is 28.5. The molecule has 4 atom stereocenters. The molecule has 3 aromatic rings. The number of anilines is 1. The fraction of sp³-hybridized carbons (Fsp3) is 0.227. The Kier molecular flexibility index (Phi) is 3.54. The monoisotopic (exact) mass is 373 g/mol.